The standard InChI is InChI=1S/C21H22N4O4/c1-14-3-7-16(8-4-14)20-25-24-19(29-20)12-11-18(26)22-13-15-5-9-17(10-6-15)23-21(27)28-2/h3-10H,11-13H2,1-2H3,(H,22,26)(H,23,27). The highest BCUT2D eigenvalue weighted by atomic mass is 16.5. The van der Waals surface area contributed by atoms with Crippen LogP contribution in [0.1, 0.15) is 23.4 Å². The normalized spacial score (nSPS) is 10.4. The smallest absolute Gasteiger partial charge is 0.411 e. The first-order valence-electron chi connectivity index (χ1n) is 9.13. The van der Waals surface area contributed by atoms with E-state index in [4.69, 9.17) is 4.42 Å². The highest BCUT2D eigenvalue weighted by Crippen LogP contribution is 2.18. The molecule has 1 heterocycles. The zero-order valence-corrected chi connectivity index (χ0v) is 16.3. The van der Waals surface area contributed by atoms with Crippen molar-refractivity contribution < 1.29 is 18.7 Å². The highest BCUT2D eigenvalue weighted by molar-refractivity contribution is 5.84. The predicted molar refractivity (Wildman–Crippen MR) is 107 cm³/mol. The SMILES string of the molecule is COC(=O)Nc1ccc(CNC(=O)CCc2nnc(-c3ccc(C)cc3)o2)cc1. The maximum absolute atomic E-state index is 12.1. The van der Waals surface area contributed by atoms with E-state index < -0.39 is 6.09 Å². The van der Waals surface area contributed by atoms with Crippen LogP contribution in [-0.4, -0.2) is 29.3 Å². The molecule has 1 aromatic heterocycles. The molecule has 0 fully saturated rings. The number of ether oxygens (including phenoxy) is 1. The van der Waals surface area contributed by atoms with Crippen LogP contribution in [0.25, 0.3) is 11.5 Å². The van der Waals surface area contributed by atoms with Crippen molar-refractivity contribution in [1.29, 1.82) is 0 Å². The number of nitrogens with one attached hydrogen (secondary N) is 2. The zero-order chi connectivity index (χ0) is 20.6. The van der Waals surface area contributed by atoms with E-state index in [1.165, 1.54) is 7.11 Å². The number of nitrogens with zero attached hydrogens (tertiary/aromatic N) is 2. The van der Waals surface area contributed by atoms with Gasteiger partial charge in [-0.2, -0.15) is 0 Å². The van der Waals surface area contributed by atoms with Crippen molar-refractivity contribution in [2.24, 2.45) is 0 Å². The van der Waals surface area contributed by atoms with Gasteiger partial charge in [-0.15, -0.1) is 10.2 Å². The largest absolute Gasteiger partial charge is 0.453 e. The molecule has 0 atom stereocenters. The average molecular weight is 394 g/mol. The van der Waals surface area contributed by atoms with E-state index in [0.29, 0.717) is 30.4 Å². The summed E-state index contributed by atoms with van der Waals surface area (Å²) in [6.07, 6.45) is 0.0853. The van der Waals surface area contributed by atoms with Crippen LogP contribution in [0.5, 0.6) is 0 Å². The van der Waals surface area contributed by atoms with E-state index in [1.807, 2.05) is 43.3 Å². The molecule has 2 amide bonds. The number of hydrogen-bond acceptors (Lipinski definition) is 6. The Bertz CT molecular complexity index is 965. The van der Waals surface area contributed by atoms with E-state index >= 15 is 0 Å². The second-order valence-electron chi connectivity index (χ2n) is 6.46. The summed E-state index contributed by atoms with van der Waals surface area (Å²) in [7, 11) is 1.30. The Balaban J connectivity index is 1.44. The first-order chi connectivity index (χ1) is 14.0. The number of methoxy groups -OCH3 is 1. The number of aryl methyl sites for hydroxylation is 2. The Hall–Kier alpha value is -3.68. The van der Waals surface area contributed by atoms with Crippen LogP contribution in [-0.2, 0) is 22.5 Å². The Morgan fingerprint density at radius 2 is 1.76 bits per heavy atom. The number of amides is 2. The maximum atomic E-state index is 12.1. The van der Waals surface area contributed by atoms with Gasteiger partial charge in [-0.3, -0.25) is 10.1 Å². The molecule has 0 spiro atoms. The van der Waals surface area contributed by atoms with Gasteiger partial charge in [0.2, 0.25) is 17.7 Å². The van der Waals surface area contributed by atoms with Gasteiger partial charge in [-0.25, -0.2) is 4.79 Å². The fourth-order valence-corrected chi connectivity index (χ4v) is 2.55. The second-order valence-corrected chi connectivity index (χ2v) is 6.46. The fourth-order valence-electron chi connectivity index (χ4n) is 2.55. The Morgan fingerprint density at radius 3 is 2.45 bits per heavy atom. The average Bonchev–Trinajstić information content (AvgIpc) is 3.21. The molecule has 29 heavy (non-hydrogen) atoms. The number of benzene rings is 2. The summed E-state index contributed by atoms with van der Waals surface area (Å²) in [6.45, 7) is 2.39. The molecule has 0 unspecified atom stereocenters. The summed E-state index contributed by atoms with van der Waals surface area (Å²) in [5.74, 6) is 0.756. The molecule has 0 aliphatic rings. The quantitative estimate of drug-likeness (QED) is 0.635. The zero-order valence-electron chi connectivity index (χ0n) is 16.3. The van der Waals surface area contributed by atoms with Crippen LogP contribution in [0.2, 0.25) is 0 Å². The van der Waals surface area contributed by atoms with Crippen molar-refractivity contribution in [3.63, 3.8) is 0 Å². The first kappa shape index (κ1) is 20.1. The van der Waals surface area contributed by atoms with Gasteiger partial charge in [0.05, 0.1) is 7.11 Å². The number of carbonyl (C=O) groups excluding carboxylic acids is 2. The number of rotatable bonds is 7. The molecule has 2 aromatic carbocycles. The number of hydrogen-bond donors (Lipinski definition) is 2. The van der Waals surface area contributed by atoms with Crippen LogP contribution in [0.15, 0.2) is 52.9 Å². The minimum Gasteiger partial charge on any atom is -0.453 e. The van der Waals surface area contributed by atoms with Crippen molar-refractivity contribution in [3.05, 3.63) is 65.5 Å². The van der Waals surface area contributed by atoms with Crippen molar-refractivity contribution >= 4 is 17.7 Å². The lowest BCUT2D eigenvalue weighted by atomic mass is 10.1. The maximum Gasteiger partial charge on any atom is 0.411 e. The Labute approximate surface area is 168 Å². The molecule has 2 N–H and O–H groups in total. The third kappa shape index (κ3) is 5.90. The van der Waals surface area contributed by atoms with Gasteiger partial charge in [0.15, 0.2) is 0 Å². The molecule has 150 valence electrons. The summed E-state index contributed by atoms with van der Waals surface area (Å²) in [5, 5.41) is 13.5. The highest BCUT2D eigenvalue weighted by Gasteiger charge is 2.10. The van der Waals surface area contributed by atoms with Crippen molar-refractivity contribution in [3.8, 4) is 11.5 Å². The molecule has 0 bridgehead atoms. The van der Waals surface area contributed by atoms with Gasteiger partial charge in [0, 0.05) is 30.6 Å². The molecular weight excluding hydrogens is 372 g/mol. The van der Waals surface area contributed by atoms with Gasteiger partial charge in [-0.1, -0.05) is 29.8 Å². The molecule has 8 nitrogen and oxygen atoms in total. The second kappa shape index (κ2) is 9.50. The van der Waals surface area contributed by atoms with Crippen molar-refractivity contribution in [1.82, 2.24) is 15.5 Å². The Morgan fingerprint density at radius 1 is 1.03 bits per heavy atom. The third-order valence-corrected chi connectivity index (χ3v) is 4.21. The van der Waals surface area contributed by atoms with Gasteiger partial charge < -0.3 is 14.5 Å². The summed E-state index contributed by atoms with van der Waals surface area (Å²) in [6, 6.07) is 14.9. The molecule has 0 aliphatic heterocycles. The van der Waals surface area contributed by atoms with Gasteiger partial charge in [-0.05, 0) is 36.8 Å². The molecule has 3 rings (SSSR count). The van der Waals surface area contributed by atoms with Crippen LogP contribution >= 0.6 is 0 Å². The molecule has 8 heteroatoms. The van der Waals surface area contributed by atoms with E-state index in [9.17, 15) is 9.59 Å². The van der Waals surface area contributed by atoms with Crippen LogP contribution in [0, 0.1) is 6.92 Å². The lowest BCUT2D eigenvalue weighted by Crippen LogP contribution is -2.23. The molecule has 0 saturated carbocycles. The summed E-state index contributed by atoms with van der Waals surface area (Å²) < 4.78 is 10.2. The number of anilines is 1. The van der Waals surface area contributed by atoms with Crippen molar-refractivity contribution in [2.45, 2.75) is 26.3 Å². The fraction of sp³-hybridized carbons (Fsp3) is 0.238. The summed E-state index contributed by atoms with van der Waals surface area (Å²) in [5.41, 5.74) is 3.53. The van der Waals surface area contributed by atoms with Gasteiger partial charge in [0.1, 0.15) is 0 Å². The lowest BCUT2D eigenvalue weighted by molar-refractivity contribution is -0.121. The Kier molecular flexibility index (Phi) is 6.57. The third-order valence-electron chi connectivity index (χ3n) is 4.21. The monoisotopic (exact) mass is 394 g/mol. The molecule has 3 aromatic rings. The van der Waals surface area contributed by atoms with Crippen LogP contribution in [0.4, 0.5) is 10.5 Å². The van der Waals surface area contributed by atoms with Crippen LogP contribution < -0.4 is 10.6 Å². The van der Waals surface area contributed by atoms with E-state index in [-0.39, 0.29) is 12.3 Å². The topological polar surface area (TPSA) is 106 Å². The summed E-state index contributed by atoms with van der Waals surface area (Å²) >= 11 is 0. The molecule has 0 aliphatic carbocycles. The van der Waals surface area contributed by atoms with E-state index in [2.05, 4.69) is 25.6 Å². The molecule has 0 saturated heterocycles. The van der Waals surface area contributed by atoms with Gasteiger partial charge in [0.25, 0.3) is 0 Å². The molecule has 0 radical (unpaired) electrons. The van der Waals surface area contributed by atoms with Gasteiger partial charge >= 0.3 is 6.09 Å². The number of aromatic nitrogens is 2. The number of carbonyl (C=O) groups is 2. The molecular formula is C21H22N4O4. The first-order valence-corrected chi connectivity index (χ1v) is 9.13. The minimum absolute atomic E-state index is 0.114. The predicted octanol–water partition coefficient (Wildman–Crippen LogP) is 3.47. The lowest BCUT2D eigenvalue weighted by Gasteiger charge is -2.07. The minimum atomic E-state index is -0.530. The summed E-state index contributed by atoms with van der Waals surface area (Å²) in [4.78, 5) is 23.2. The van der Waals surface area contributed by atoms with E-state index in [0.717, 1.165) is 16.7 Å². The van der Waals surface area contributed by atoms with Crippen LogP contribution in [0.3, 0.4) is 0 Å². The van der Waals surface area contributed by atoms with E-state index in [1.54, 1.807) is 12.1 Å². The van der Waals surface area contributed by atoms with Crippen molar-refractivity contribution in [2.75, 3.05) is 12.4 Å².